The number of anilines is 1. The smallest absolute Gasteiger partial charge is 0.338 e. The van der Waals surface area contributed by atoms with E-state index in [1.807, 2.05) is 42.5 Å². The molecule has 0 spiro atoms. The number of hydrogen-bond acceptors (Lipinski definition) is 5. The second kappa shape index (κ2) is 9.75. The van der Waals surface area contributed by atoms with E-state index in [1.165, 1.54) is 31.0 Å². The van der Waals surface area contributed by atoms with Crippen molar-refractivity contribution in [3.63, 3.8) is 0 Å². The average Bonchev–Trinajstić information content (AvgIpc) is 2.74. The fourth-order valence-electron chi connectivity index (χ4n) is 2.47. The quantitative estimate of drug-likeness (QED) is 0.567. The number of nitrogens with one attached hydrogen (secondary N) is 1. The summed E-state index contributed by atoms with van der Waals surface area (Å²) in [5, 5.41) is 2.74. The number of benzene rings is 3. The van der Waals surface area contributed by atoms with Gasteiger partial charge in [0.25, 0.3) is 5.91 Å². The lowest BCUT2D eigenvalue weighted by molar-refractivity contribution is -0.119. The van der Waals surface area contributed by atoms with Crippen molar-refractivity contribution >= 4 is 29.3 Å². The molecule has 0 radical (unpaired) electrons. The molecule has 0 aliphatic rings. The van der Waals surface area contributed by atoms with Crippen molar-refractivity contribution in [3.8, 4) is 5.75 Å². The van der Waals surface area contributed by atoms with Crippen molar-refractivity contribution < 1.29 is 23.5 Å². The molecule has 0 aromatic heterocycles. The van der Waals surface area contributed by atoms with Crippen LogP contribution in [0, 0.1) is 5.82 Å². The van der Waals surface area contributed by atoms with E-state index >= 15 is 0 Å². The summed E-state index contributed by atoms with van der Waals surface area (Å²) >= 11 is 1.51. The maximum Gasteiger partial charge on any atom is 0.338 e. The Bertz CT molecular complexity index is 1010. The van der Waals surface area contributed by atoms with Gasteiger partial charge in [-0.15, -0.1) is 0 Å². The Morgan fingerprint density at radius 2 is 1.72 bits per heavy atom. The Kier molecular flexibility index (Phi) is 6.86. The molecule has 3 rings (SSSR count). The highest BCUT2D eigenvalue weighted by Gasteiger charge is 2.14. The minimum Gasteiger partial charge on any atom is -0.494 e. The third-order valence-corrected chi connectivity index (χ3v) is 4.94. The number of methoxy groups -OCH3 is 1. The first-order valence-corrected chi connectivity index (χ1v) is 9.51. The molecule has 0 atom stereocenters. The van der Waals surface area contributed by atoms with Gasteiger partial charge in [-0.25, -0.2) is 9.18 Å². The van der Waals surface area contributed by atoms with Gasteiger partial charge in [0.15, 0.2) is 18.2 Å². The molecule has 0 heterocycles. The molecular formula is C22H18FNO4S. The van der Waals surface area contributed by atoms with Crippen molar-refractivity contribution in [1.82, 2.24) is 0 Å². The highest BCUT2D eigenvalue weighted by atomic mass is 32.2. The first-order valence-electron chi connectivity index (χ1n) is 8.69. The van der Waals surface area contributed by atoms with Gasteiger partial charge in [0.1, 0.15) is 0 Å². The molecule has 0 bridgehead atoms. The highest BCUT2D eigenvalue weighted by molar-refractivity contribution is 7.99. The topological polar surface area (TPSA) is 64.6 Å². The average molecular weight is 411 g/mol. The van der Waals surface area contributed by atoms with Gasteiger partial charge >= 0.3 is 5.97 Å². The maximum absolute atomic E-state index is 13.7. The fraction of sp³-hybridized carbons (Fsp3) is 0.0909. The summed E-state index contributed by atoms with van der Waals surface area (Å²) in [6, 6.07) is 20.8. The Morgan fingerprint density at radius 3 is 2.45 bits per heavy atom. The first kappa shape index (κ1) is 20.4. The Balaban J connectivity index is 1.60. The number of para-hydroxylation sites is 1. The molecule has 1 amide bonds. The second-order valence-corrected chi connectivity index (χ2v) is 7.00. The number of hydrogen-bond donors (Lipinski definition) is 1. The van der Waals surface area contributed by atoms with Crippen LogP contribution < -0.4 is 10.1 Å². The summed E-state index contributed by atoms with van der Waals surface area (Å²) in [4.78, 5) is 26.2. The summed E-state index contributed by atoms with van der Waals surface area (Å²) in [5.41, 5.74) is 0.606. The third-order valence-electron chi connectivity index (χ3n) is 3.85. The van der Waals surface area contributed by atoms with Crippen LogP contribution in [0.2, 0.25) is 0 Å². The maximum atomic E-state index is 13.7. The molecule has 0 unspecified atom stereocenters. The van der Waals surface area contributed by atoms with Crippen LogP contribution in [0.1, 0.15) is 10.4 Å². The van der Waals surface area contributed by atoms with E-state index in [0.29, 0.717) is 5.69 Å². The van der Waals surface area contributed by atoms with Gasteiger partial charge in [-0.1, -0.05) is 42.1 Å². The monoisotopic (exact) mass is 411 g/mol. The number of carbonyl (C=O) groups excluding carboxylic acids is 2. The molecular weight excluding hydrogens is 393 g/mol. The lowest BCUT2D eigenvalue weighted by atomic mass is 10.2. The summed E-state index contributed by atoms with van der Waals surface area (Å²) < 4.78 is 23.5. The van der Waals surface area contributed by atoms with Crippen molar-refractivity contribution in [2.75, 3.05) is 19.0 Å². The van der Waals surface area contributed by atoms with Gasteiger partial charge in [0, 0.05) is 9.79 Å². The number of esters is 1. The second-order valence-electron chi connectivity index (χ2n) is 5.88. The van der Waals surface area contributed by atoms with Crippen molar-refractivity contribution in [2.24, 2.45) is 0 Å². The van der Waals surface area contributed by atoms with E-state index < -0.39 is 24.3 Å². The molecule has 0 saturated carbocycles. The Morgan fingerprint density at radius 1 is 1.00 bits per heavy atom. The van der Waals surface area contributed by atoms with Crippen LogP contribution in [0.4, 0.5) is 10.1 Å². The SMILES string of the molecule is COc1ccc(C(=O)OCC(=O)Nc2ccccc2Sc2ccccc2)cc1F. The first-order chi connectivity index (χ1) is 14.1. The standard InChI is InChI=1S/C22H18FNO4S/c1-27-19-12-11-15(13-17(19)23)22(26)28-14-21(25)24-18-9-5-6-10-20(18)29-16-7-3-2-4-8-16/h2-13H,14H2,1H3,(H,24,25). The van der Waals surface area contributed by atoms with E-state index in [0.717, 1.165) is 15.9 Å². The van der Waals surface area contributed by atoms with E-state index in [2.05, 4.69) is 5.32 Å². The minimum atomic E-state index is -0.798. The molecule has 3 aromatic rings. The number of ether oxygens (including phenoxy) is 2. The van der Waals surface area contributed by atoms with Crippen LogP contribution in [0.5, 0.6) is 5.75 Å². The van der Waals surface area contributed by atoms with E-state index in [1.54, 1.807) is 12.1 Å². The molecule has 148 valence electrons. The number of rotatable bonds is 7. The Labute approximate surface area is 171 Å². The molecule has 0 saturated heterocycles. The number of amides is 1. The summed E-state index contributed by atoms with van der Waals surface area (Å²) in [6.07, 6.45) is 0. The van der Waals surface area contributed by atoms with Crippen LogP contribution >= 0.6 is 11.8 Å². The van der Waals surface area contributed by atoms with Crippen molar-refractivity contribution in [1.29, 1.82) is 0 Å². The summed E-state index contributed by atoms with van der Waals surface area (Å²) in [6.45, 7) is -0.489. The number of halogens is 1. The molecule has 3 aromatic carbocycles. The predicted molar refractivity (Wildman–Crippen MR) is 109 cm³/mol. The molecule has 0 fully saturated rings. The van der Waals surface area contributed by atoms with Crippen LogP contribution in [-0.4, -0.2) is 25.6 Å². The third kappa shape index (κ3) is 5.58. The fourth-order valence-corrected chi connectivity index (χ4v) is 3.39. The van der Waals surface area contributed by atoms with E-state index in [9.17, 15) is 14.0 Å². The Hall–Kier alpha value is -3.32. The van der Waals surface area contributed by atoms with Crippen LogP contribution in [-0.2, 0) is 9.53 Å². The predicted octanol–water partition coefficient (Wildman–Crippen LogP) is 4.78. The van der Waals surface area contributed by atoms with Crippen molar-refractivity contribution in [2.45, 2.75) is 9.79 Å². The van der Waals surface area contributed by atoms with Gasteiger partial charge < -0.3 is 14.8 Å². The van der Waals surface area contributed by atoms with Gasteiger partial charge in [0.2, 0.25) is 0 Å². The van der Waals surface area contributed by atoms with E-state index in [-0.39, 0.29) is 11.3 Å². The van der Waals surface area contributed by atoms with Crippen LogP contribution in [0.15, 0.2) is 82.6 Å². The van der Waals surface area contributed by atoms with Crippen LogP contribution in [0.3, 0.4) is 0 Å². The summed E-state index contributed by atoms with van der Waals surface area (Å²) in [5.74, 6) is -1.95. The highest BCUT2D eigenvalue weighted by Crippen LogP contribution is 2.33. The molecule has 0 aliphatic carbocycles. The molecule has 29 heavy (non-hydrogen) atoms. The van der Waals surface area contributed by atoms with Gasteiger partial charge in [-0.3, -0.25) is 4.79 Å². The van der Waals surface area contributed by atoms with Crippen LogP contribution in [0.25, 0.3) is 0 Å². The molecule has 5 nitrogen and oxygen atoms in total. The summed E-state index contributed by atoms with van der Waals surface area (Å²) in [7, 11) is 1.33. The van der Waals surface area contributed by atoms with Gasteiger partial charge in [0.05, 0.1) is 18.4 Å². The molecule has 0 aliphatic heterocycles. The van der Waals surface area contributed by atoms with Crippen molar-refractivity contribution in [3.05, 3.63) is 84.2 Å². The lowest BCUT2D eigenvalue weighted by Crippen LogP contribution is -2.21. The lowest BCUT2D eigenvalue weighted by Gasteiger charge is -2.11. The van der Waals surface area contributed by atoms with Gasteiger partial charge in [-0.05, 0) is 42.5 Å². The molecule has 7 heteroatoms. The van der Waals surface area contributed by atoms with Gasteiger partial charge in [-0.2, -0.15) is 0 Å². The number of carbonyl (C=O) groups is 2. The largest absolute Gasteiger partial charge is 0.494 e. The molecule has 1 N–H and O–H groups in total. The zero-order valence-corrected chi connectivity index (χ0v) is 16.4. The minimum absolute atomic E-state index is 0.00358. The zero-order chi connectivity index (χ0) is 20.6. The normalized spacial score (nSPS) is 10.3. The van der Waals surface area contributed by atoms with E-state index in [4.69, 9.17) is 9.47 Å². The zero-order valence-electron chi connectivity index (χ0n) is 15.6.